The van der Waals surface area contributed by atoms with Crippen LogP contribution in [0.2, 0.25) is 0 Å². The van der Waals surface area contributed by atoms with Crippen molar-refractivity contribution in [1.29, 1.82) is 0 Å². The molecular formula is C11H12Br2FNO. The van der Waals surface area contributed by atoms with Crippen LogP contribution < -0.4 is 5.32 Å². The Bertz CT molecular complexity index is 409. The molecule has 1 atom stereocenters. The molecule has 0 heterocycles. The van der Waals surface area contributed by atoms with Crippen molar-refractivity contribution in [3.05, 3.63) is 39.0 Å². The molecule has 0 saturated carbocycles. The molecular weight excluding hydrogens is 341 g/mol. The number of benzene rings is 1. The lowest BCUT2D eigenvalue weighted by atomic mass is 10.1. The maximum absolute atomic E-state index is 13.3. The average Bonchev–Trinajstić information content (AvgIpc) is 2.19. The first-order valence-corrected chi connectivity index (χ1v) is 6.25. The zero-order chi connectivity index (χ0) is 12.3. The largest absolute Gasteiger partial charge is 0.505 e. The number of nitrogens with one attached hydrogen (secondary N) is 1. The van der Waals surface area contributed by atoms with Gasteiger partial charge in [-0.05, 0) is 19.1 Å². The van der Waals surface area contributed by atoms with E-state index in [1.807, 2.05) is 6.92 Å². The lowest BCUT2D eigenvalue weighted by Gasteiger charge is -2.16. The number of phenols is 1. The summed E-state index contributed by atoms with van der Waals surface area (Å²) in [4.78, 5) is 0. The molecule has 2 nitrogen and oxygen atoms in total. The van der Waals surface area contributed by atoms with Gasteiger partial charge in [-0.15, -0.1) is 0 Å². The summed E-state index contributed by atoms with van der Waals surface area (Å²) >= 11 is 6.41. The first-order chi connectivity index (χ1) is 7.41. The van der Waals surface area contributed by atoms with Crippen molar-refractivity contribution in [1.82, 2.24) is 5.32 Å². The van der Waals surface area contributed by atoms with Gasteiger partial charge in [0.15, 0.2) is 11.6 Å². The smallest absolute Gasteiger partial charge is 0.166 e. The second-order valence-electron chi connectivity index (χ2n) is 3.45. The predicted molar refractivity (Wildman–Crippen MR) is 70.2 cm³/mol. The number of hydrogen-bond acceptors (Lipinski definition) is 2. The molecule has 0 radical (unpaired) electrons. The standard InChI is InChI=1S/C11H12Br2FNO/c1-6(12)5-15-7(2)9-3-8(13)4-10(14)11(9)16/h3-4,7,15-16H,1,5H2,2H3. The molecule has 0 aliphatic heterocycles. The molecule has 2 N–H and O–H groups in total. The highest BCUT2D eigenvalue weighted by Crippen LogP contribution is 2.30. The van der Waals surface area contributed by atoms with E-state index in [2.05, 4.69) is 43.8 Å². The van der Waals surface area contributed by atoms with Gasteiger partial charge in [0.1, 0.15) is 0 Å². The van der Waals surface area contributed by atoms with Gasteiger partial charge in [-0.25, -0.2) is 4.39 Å². The third-order valence-electron chi connectivity index (χ3n) is 2.12. The van der Waals surface area contributed by atoms with Crippen molar-refractivity contribution in [3.8, 4) is 5.75 Å². The topological polar surface area (TPSA) is 32.3 Å². The van der Waals surface area contributed by atoms with Crippen LogP contribution in [-0.2, 0) is 0 Å². The van der Waals surface area contributed by atoms with Gasteiger partial charge in [-0.2, -0.15) is 0 Å². The molecule has 0 spiro atoms. The molecule has 1 rings (SSSR count). The number of rotatable bonds is 4. The van der Waals surface area contributed by atoms with Crippen LogP contribution in [0.25, 0.3) is 0 Å². The van der Waals surface area contributed by atoms with E-state index in [9.17, 15) is 9.50 Å². The first-order valence-electron chi connectivity index (χ1n) is 4.66. The van der Waals surface area contributed by atoms with Crippen molar-refractivity contribution in [2.24, 2.45) is 0 Å². The molecule has 0 fully saturated rings. The zero-order valence-electron chi connectivity index (χ0n) is 8.73. The average molecular weight is 353 g/mol. The number of hydrogen-bond donors (Lipinski definition) is 2. The normalized spacial score (nSPS) is 12.5. The Labute approximate surface area is 111 Å². The zero-order valence-corrected chi connectivity index (χ0v) is 11.9. The van der Waals surface area contributed by atoms with Crippen molar-refractivity contribution in [2.45, 2.75) is 13.0 Å². The molecule has 0 aromatic heterocycles. The molecule has 0 aliphatic carbocycles. The van der Waals surface area contributed by atoms with E-state index in [0.29, 0.717) is 16.6 Å². The molecule has 1 aromatic rings. The van der Waals surface area contributed by atoms with Crippen LogP contribution in [0.5, 0.6) is 5.75 Å². The summed E-state index contributed by atoms with van der Waals surface area (Å²) in [5.74, 6) is -0.945. The molecule has 0 saturated heterocycles. The number of aromatic hydroxyl groups is 1. The second kappa shape index (κ2) is 5.80. The van der Waals surface area contributed by atoms with E-state index in [4.69, 9.17) is 0 Å². The third-order valence-corrected chi connectivity index (χ3v) is 2.86. The Kier molecular flexibility index (Phi) is 4.95. The third kappa shape index (κ3) is 3.57. The minimum absolute atomic E-state index is 0.165. The fourth-order valence-corrected chi connectivity index (χ4v) is 1.90. The van der Waals surface area contributed by atoms with E-state index in [-0.39, 0.29) is 11.8 Å². The predicted octanol–water partition coefficient (Wildman–Crippen LogP) is 3.85. The number of halogens is 3. The maximum Gasteiger partial charge on any atom is 0.166 e. The van der Waals surface area contributed by atoms with E-state index < -0.39 is 5.82 Å². The fraction of sp³-hybridized carbons (Fsp3) is 0.273. The van der Waals surface area contributed by atoms with Gasteiger partial charge in [0, 0.05) is 27.1 Å². The van der Waals surface area contributed by atoms with Crippen molar-refractivity contribution >= 4 is 31.9 Å². The minimum atomic E-state index is -0.629. The van der Waals surface area contributed by atoms with Gasteiger partial charge < -0.3 is 10.4 Å². The van der Waals surface area contributed by atoms with Crippen LogP contribution in [-0.4, -0.2) is 11.7 Å². The molecule has 16 heavy (non-hydrogen) atoms. The van der Waals surface area contributed by atoms with E-state index in [1.54, 1.807) is 6.07 Å². The highest BCUT2D eigenvalue weighted by atomic mass is 79.9. The van der Waals surface area contributed by atoms with Crippen LogP contribution >= 0.6 is 31.9 Å². The summed E-state index contributed by atoms with van der Waals surface area (Å²) in [6.07, 6.45) is 0. The van der Waals surface area contributed by atoms with Gasteiger partial charge in [0.25, 0.3) is 0 Å². The van der Waals surface area contributed by atoms with E-state index >= 15 is 0 Å². The van der Waals surface area contributed by atoms with Crippen molar-refractivity contribution in [2.75, 3.05) is 6.54 Å². The number of phenolic OH excluding ortho intramolecular Hbond substituents is 1. The summed E-state index contributed by atoms with van der Waals surface area (Å²) in [5.41, 5.74) is 0.514. The fourth-order valence-electron chi connectivity index (χ4n) is 1.29. The maximum atomic E-state index is 13.3. The Morgan fingerprint density at radius 1 is 1.62 bits per heavy atom. The first kappa shape index (κ1) is 13.7. The molecule has 0 aliphatic rings. The van der Waals surface area contributed by atoms with E-state index in [0.717, 1.165) is 4.48 Å². The Hall–Kier alpha value is -0.390. The molecule has 5 heteroatoms. The lowest BCUT2D eigenvalue weighted by molar-refractivity contribution is 0.416. The Morgan fingerprint density at radius 2 is 2.25 bits per heavy atom. The molecule has 1 aromatic carbocycles. The van der Waals surface area contributed by atoms with Gasteiger partial charge in [-0.3, -0.25) is 0 Å². The highest BCUT2D eigenvalue weighted by molar-refractivity contribution is 9.11. The summed E-state index contributed by atoms with van der Waals surface area (Å²) in [5, 5.41) is 12.7. The van der Waals surface area contributed by atoms with Crippen LogP contribution in [0.15, 0.2) is 27.7 Å². The van der Waals surface area contributed by atoms with E-state index in [1.165, 1.54) is 6.07 Å². The highest BCUT2D eigenvalue weighted by Gasteiger charge is 2.14. The minimum Gasteiger partial charge on any atom is -0.505 e. The van der Waals surface area contributed by atoms with Crippen molar-refractivity contribution in [3.63, 3.8) is 0 Å². The summed E-state index contributed by atoms with van der Waals surface area (Å²) < 4.78 is 14.7. The quantitative estimate of drug-likeness (QED) is 0.862. The lowest BCUT2D eigenvalue weighted by Crippen LogP contribution is -2.20. The van der Waals surface area contributed by atoms with Gasteiger partial charge in [0.05, 0.1) is 0 Å². The Morgan fingerprint density at radius 3 is 2.81 bits per heavy atom. The van der Waals surface area contributed by atoms with Crippen LogP contribution in [0, 0.1) is 5.82 Å². The molecule has 1 unspecified atom stereocenters. The van der Waals surface area contributed by atoms with Crippen LogP contribution in [0.3, 0.4) is 0 Å². The monoisotopic (exact) mass is 351 g/mol. The molecule has 0 bridgehead atoms. The summed E-state index contributed by atoms with van der Waals surface area (Å²) in [7, 11) is 0. The van der Waals surface area contributed by atoms with Crippen LogP contribution in [0.4, 0.5) is 4.39 Å². The second-order valence-corrected chi connectivity index (χ2v) is 5.48. The van der Waals surface area contributed by atoms with Gasteiger partial charge in [-0.1, -0.05) is 38.4 Å². The van der Waals surface area contributed by atoms with Gasteiger partial charge in [0.2, 0.25) is 0 Å². The Balaban J connectivity index is 2.90. The summed E-state index contributed by atoms with van der Waals surface area (Å²) in [6, 6.07) is 2.75. The SMILES string of the molecule is C=C(Br)CNC(C)c1cc(Br)cc(F)c1O. The molecule has 88 valence electrons. The van der Waals surface area contributed by atoms with Crippen molar-refractivity contribution < 1.29 is 9.50 Å². The summed E-state index contributed by atoms with van der Waals surface area (Å²) in [6.45, 7) is 6.08. The van der Waals surface area contributed by atoms with Crippen LogP contribution in [0.1, 0.15) is 18.5 Å². The molecule has 0 amide bonds. The van der Waals surface area contributed by atoms with Gasteiger partial charge >= 0.3 is 0 Å².